The molecular formula is C3H10NO3P. The van der Waals surface area contributed by atoms with Crippen molar-refractivity contribution in [3.8, 4) is 0 Å². The molecule has 0 aliphatic heterocycles. The van der Waals surface area contributed by atoms with Crippen LogP contribution in [0.5, 0.6) is 0 Å². The molecule has 0 heterocycles. The molecule has 0 rings (SSSR count). The third kappa shape index (κ3) is 4.27. The first-order chi connectivity index (χ1) is 3.66. The lowest BCUT2D eigenvalue weighted by atomic mass is 10.5. The van der Waals surface area contributed by atoms with Crippen LogP contribution in [0.25, 0.3) is 0 Å². The SMILES string of the molecule is CCC(N)O[PH](=O)O. The van der Waals surface area contributed by atoms with Crippen molar-refractivity contribution in [2.24, 2.45) is 5.73 Å². The minimum Gasteiger partial charge on any atom is -0.326 e. The zero-order valence-corrected chi connectivity index (χ0v) is 5.63. The van der Waals surface area contributed by atoms with Gasteiger partial charge in [0.05, 0.1) is 0 Å². The highest BCUT2D eigenvalue weighted by molar-refractivity contribution is 7.32. The van der Waals surface area contributed by atoms with Crippen molar-refractivity contribution in [2.45, 2.75) is 19.6 Å². The first-order valence-corrected chi connectivity index (χ1v) is 3.58. The molecule has 2 unspecified atom stereocenters. The Kier molecular flexibility index (Phi) is 4.09. The van der Waals surface area contributed by atoms with Gasteiger partial charge in [0.2, 0.25) is 0 Å². The average Bonchev–Trinajstić information content (AvgIpc) is 1.65. The molecule has 4 nitrogen and oxygen atoms in total. The van der Waals surface area contributed by atoms with E-state index < -0.39 is 14.5 Å². The van der Waals surface area contributed by atoms with Crippen LogP contribution in [0.15, 0.2) is 0 Å². The summed E-state index contributed by atoms with van der Waals surface area (Å²) in [4.78, 5) is 8.10. The highest BCUT2D eigenvalue weighted by atomic mass is 31.1. The lowest BCUT2D eigenvalue weighted by molar-refractivity contribution is 0.191. The van der Waals surface area contributed by atoms with Crippen LogP contribution in [0.1, 0.15) is 13.3 Å². The summed E-state index contributed by atoms with van der Waals surface area (Å²) in [5.74, 6) is 0. The smallest absolute Gasteiger partial charge is 0.318 e. The Morgan fingerprint density at radius 3 is 2.62 bits per heavy atom. The molecule has 0 aromatic heterocycles. The van der Waals surface area contributed by atoms with Gasteiger partial charge in [0.15, 0.2) is 0 Å². The summed E-state index contributed by atoms with van der Waals surface area (Å²) in [6.07, 6.45) is -0.0388. The Morgan fingerprint density at radius 2 is 2.50 bits per heavy atom. The quantitative estimate of drug-likeness (QED) is 0.429. The molecule has 5 heteroatoms. The third-order valence-corrected chi connectivity index (χ3v) is 1.16. The lowest BCUT2D eigenvalue weighted by Gasteiger charge is -2.04. The van der Waals surface area contributed by atoms with E-state index in [0.29, 0.717) is 6.42 Å². The molecule has 0 aromatic carbocycles. The Hall–Kier alpha value is 0.110. The van der Waals surface area contributed by atoms with Crippen LogP contribution in [-0.4, -0.2) is 11.1 Å². The highest BCUT2D eigenvalue weighted by Gasteiger charge is 1.99. The van der Waals surface area contributed by atoms with Crippen LogP contribution in [0.4, 0.5) is 0 Å². The molecule has 0 spiro atoms. The molecule has 0 aromatic rings. The van der Waals surface area contributed by atoms with Crippen molar-refractivity contribution in [1.82, 2.24) is 0 Å². The standard InChI is InChI=1S/C3H10NO3P/c1-2-3(4)7-8(5)6/h3,8H,2,4H2,1H3,(H,5,6). The van der Waals surface area contributed by atoms with Gasteiger partial charge in [0, 0.05) is 0 Å². The maximum atomic E-state index is 9.85. The molecule has 0 aliphatic carbocycles. The first-order valence-electron chi connectivity index (χ1n) is 2.32. The predicted molar refractivity (Wildman–Crippen MR) is 30.6 cm³/mol. The summed E-state index contributed by atoms with van der Waals surface area (Å²) in [6.45, 7) is 1.77. The van der Waals surface area contributed by atoms with Crippen molar-refractivity contribution in [3.63, 3.8) is 0 Å². The zero-order valence-electron chi connectivity index (χ0n) is 4.63. The molecule has 0 saturated heterocycles. The normalized spacial score (nSPS) is 17.9. The van der Waals surface area contributed by atoms with Gasteiger partial charge in [-0.1, -0.05) is 6.92 Å². The van der Waals surface area contributed by atoms with Crippen molar-refractivity contribution in [1.29, 1.82) is 0 Å². The number of rotatable bonds is 3. The molecule has 2 atom stereocenters. The second kappa shape index (κ2) is 4.04. The maximum Gasteiger partial charge on any atom is 0.318 e. The topological polar surface area (TPSA) is 72.5 Å². The van der Waals surface area contributed by atoms with Crippen LogP contribution in [0.2, 0.25) is 0 Å². The molecular weight excluding hydrogens is 129 g/mol. The second-order valence-corrected chi connectivity index (χ2v) is 2.10. The average molecular weight is 139 g/mol. The van der Waals surface area contributed by atoms with Crippen LogP contribution in [0, 0.1) is 0 Å². The van der Waals surface area contributed by atoms with E-state index in [0.717, 1.165) is 0 Å². The van der Waals surface area contributed by atoms with Crippen LogP contribution in [0.3, 0.4) is 0 Å². The van der Waals surface area contributed by atoms with Gasteiger partial charge >= 0.3 is 8.25 Å². The van der Waals surface area contributed by atoms with Gasteiger partial charge in [-0.25, -0.2) is 0 Å². The molecule has 50 valence electrons. The minimum atomic E-state index is -2.82. The fourth-order valence-corrected chi connectivity index (χ4v) is 0.638. The fourth-order valence-electron chi connectivity index (χ4n) is 0.213. The third-order valence-electron chi connectivity index (χ3n) is 0.655. The Bertz CT molecular complexity index is 86.6. The van der Waals surface area contributed by atoms with Gasteiger partial charge in [-0.3, -0.25) is 9.09 Å². The summed E-state index contributed by atoms with van der Waals surface area (Å²) in [6, 6.07) is 0. The van der Waals surface area contributed by atoms with E-state index in [1.807, 2.05) is 0 Å². The van der Waals surface area contributed by atoms with Gasteiger partial charge in [0.1, 0.15) is 6.23 Å². The number of nitrogens with two attached hydrogens (primary N) is 1. The van der Waals surface area contributed by atoms with E-state index in [1.54, 1.807) is 6.92 Å². The summed E-state index contributed by atoms with van der Waals surface area (Å²) < 4.78 is 14.1. The summed E-state index contributed by atoms with van der Waals surface area (Å²) >= 11 is 0. The fraction of sp³-hybridized carbons (Fsp3) is 1.00. The van der Waals surface area contributed by atoms with Crippen molar-refractivity contribution >= 4 is 8.25 Å². The van der Waals surface area contributed by atoms with E-state index in [-0.39, 0.29) is 0 Å². The van der Waals surface area contributed by atoms with Crippen LogP contribution < -0.4 is 5.73 Å². The predicted octanol–water partition coefficient (Wildman–Crippen LogP) is 0.0798. The van der Waals surface area contributed by atoms with Crippen molar-refractivity contribution < 1.29 is 14.0 Å². The van der Waals surface area contributed by atoms with Gasteiger partial charge in [0.25, 0.3) is 0 Å². The Labute approximate surface area is 48.6 Å². The second-order valence-electron chi connectivity index (χ2n) is 1.33. The van der Waals surface area contributed by atoms with E-state index in [2.05, 4.69) is 4.52 Å². The summed E-state index contributed by atoms with van der Waals surface area (Å²) in [7, 11) is -2.82. The molecule has 0 radical (unpaired) electrons. The zero-order chi connectivity index (χ0) is 6.57. The Balaban J connectivity index is 3.24. The monoisotopic (exact) mass is 139 g/mol. The number of hydrogen-bond acceptors (Lipinski definition) is 3. The summed E-state index contributed by atoms with van der Waals surface area (Å²) in [5.41, 5.74) is 5.12. The lowest BCUT2D eigenvalue weighted by Crippen LogP contribution is -2.18. The van der Waals surface area contributed by atoms with E-state index >= 15 is 0 Å². The maximum absolute atomic E-state index is 9.85. The van der Waals surface area contributed by atoms with Crippen molar-refractivity contribution in [2.75, 3.05) is 0 Å². The van der Waals surface area contributed by atoms with Crippen LogP contribution in [-0.2, 0) is 9.09 Å². The largest absolute Gasteiger partial charge is 0.326 e. The van der Waals surface area contributed by atoms with Gasteiger partial charge in [-0.15, -0.1) is 0 Å². The van der Waals surface area contributed by atoms with Crippen molar-refractivity contribution in [3.05, 3.63) is 0 Å². The molecule has 8 heavy (non-hydrogen) atoms. The highest BCUT2D eigenvalue weighted by Crippen LogP contribution is 2.16. The Morgan fingerprint density at radius 1 is 2.00 bits per heavy atom. The van der Waals surface area contributed by atoms with E-state index in [9.17, 15) is 4.57 Å². The molecule has 0 aliphatic rings. The van der Waals surface area contributed by atoms with Crippen LogP contribution >= 0.6 is 8.25 Å². The number of hydrogen-bond donors (Lipinski definition) is 2. The van der Waals surface area contributed by atoms with Gasteiger partial charge in [-0.05, 0) is 6.42 Å². The molecule has 0 fully saturated rings. The van der Waals surface area contributed by atoms with E-state index in [1.165, 1.54) is 0 Å². The van der Waals surface area contributed by atoms with Gasteiger partial charge in [-0.2, -0.15) is 0 Å². The minimum absolute atomic E-state index is 0.553. The summed E-state index contributed by atoms with van der Waals surface area (Å²) in [5, 5.41) is 0. The molecule has 0 amide bonds. The molecule has 3 N–H and O–H groups in total. The first kappa shape index (κ1) is 8.11. The molecule has 0 bridgehead atoms. The van der Waals surface area contributed by atoms with E-state index in [4.69, 9.17) is 10.6 Å². The van der Waals surface area contributed by atoms with Gasteiger partial charge < -0.3 is 10.6 Å². The molecule has 0 saturated carbocycles.